The van der Waals surface area contributed by atoms with Crippen LogP contribution < -0.4 is 15.4 Å². The summed E-state index contributed by atoms with van der Waals surface area (Å²) in [6.45, 7) is 0.229. The normalized spacial score (nSPS) is 19.9. The first kappa shape index (κ1) is 18.8. The maximum absolute atomic E-state index is 12.9. The van der Waals surface area contributed by atoms with E-state index in [9.17, 15) is 14.4 Å². The molecule has 146 valence electrons. The van der Waals surface area contributed by atoms with Crippen LogP contribution in [-0.4, -0.2) is 41.9 Å². The third-order valence-electron chi connectivity index (χ3n) is 4.83. The summed E-state index contributed by atoms with van der Waals surface area (Å²) >= 11 is 5.88. The molecule has 1 atom stereocenters. The van der Waals surface area contributed by atoms with Gasteiger partial charge in [-0.2, -0.15) is 0 Å². The van der Waals surface area contributed by atoms with Gasteiger partial charge in [0.05, 0.1) is 13.7 Å². The number of urea groups is 1. The van der Waals surface area contributed by atoms with Crippen molar-refractivity contribution in [3.8, 4) is 17.6 Å². The van der Waals surface area contributed by atoms with E-state index in [1.54, 1.807) is 36.4 Å². The molecular formula is C21H16ClN3O4. The number of nitrogens with zero attached hydrogens (tertiary/aromatic N) is 1. The summed E-state index contributed by atoms with van der Waals surface area (Å²) < 4.78 is 5.18. The van der Waals surface area contributed by atoms with Crippen LogP contribution in [0.4, 0.5) is 4.79 Å². The lowest BCUT2D eigenvalue weighted by Crippen LogP contribution is -2.54. The van der Waals surface area contributed by atoms with Crippen molar-refractivity contribution >= 4 is 29.4 Å². The summed E-state index contributed by atoms with van der Waals surface area (Å²) in [4.78, 5) is 38.8. The molecule has 2 heterocycles. The van der Waals surface area contributed by atoms with E-state index < -0.39 is 17.5 Å². The highest BCUT2D eigenvalue weighted by molar-refractivity contribution is 6.30. The van der Waals surface area contributed by atoms with Gasteiger partial charge in [0.15, 0.2) is 0 Å². The van der Waals surface area contributed by atoms with Gasteiger partial charge in [0.2, 0.25) is 5.54 Å². The van der Waals surface area contributed by atoms with Crippen molar-refractivity contribution in [2.24, 2.45) is 0 Å². The summed E-state index contributed by atoms with van der Waals surface area (Å²) in [5, 5.41) is 5.35. The molecule has 0 unspecified atom stereocenters. The van der Waals surface area contributed by atoms with Crippen LogP contribution in [-0.2, 0) is 11.3 Å². The van der Waals surface area contributed by atoms with Gasteiger partial charge >= 0.3 is 6.03 Å². The topological polar surface area (TPSA) is 87.7 Å². The molecule has 0 aliphatic carbocycles. The Morgan fingerprint density at radius 3 is 2.59 bits per heavy atom. The third kappa shape index (κ3) is 3.50. The zero-order valence-corrected chi connectivity index (χ0v) is 16.2. The summed E-state index contributed by atoms with van der Waals surface area (Å²) in [6, 6.07) is 11.4. The third-order valence-corrected chi connectivity index (χ3v) is 5.08. The second kappa shape index (κ2) is 7.15. The van der Waals surface area contributed by atoms with Gasteiger partial charge in [-0.3, -0.25) is 14.9 Å². The van der Waals surface area contributed by atoms with Gasteiger partial charge in [-0.15, -0.1) is 0 Å². The predicted molar refractivity (Wildman–Crippen MR) is 105 cm³/mol. The maximum atomic E-state index is 12.9. The van der Waals surface area contributed by atoms with Crippen molar-refractivity contribution in [1.29, 1.82) is 0 Å². The van der Waals surface area contributed by atoms with Crippen LogP contribution in [0.15, 0.2) is 42.5 Å². The Bertz CT molecular complexity index is 1090. The number of ether oxygens (including phenoxy) is 1. The van der Waals surface area contributed by atoms with Crippen LogP contribution in [0.25, 0.3) is 0 Å². The number of halogens is 1. The van der Waals surface area contributed by atoms with E-state index in [-0.39, 0.29) is 12.5 Å². The van der Waals surface area contributed by atoms with E-state index in [0.717, 1.165) is 5.56 Å². The van der Waals surface area contributed by atoms with E-state index in [1.165, 1.54) is 12.0 Å². The predicted octanol–water partition coefficient (Wildman–Crippen LogP) is 1.93. The van der Waals surface area contributed by atoms with Gasteiger partial charge in [0.25, 0.3) is 11.8 Å². The second-order valence-corrected chi connectivity index (χ2v) is 7.19. The van der Waals surface area contributed by atoms with Crippen LogP contribution in [0, 0.1) is 11.8 Å². The molecule has 0 saturated carbocycles. The van der Waals surface area contributed by atoms with Crippen molar-refractivity contribution in [2.75, 3.05) is 13.7 Å². The molecule has 4 amide bonds. The Labute approximate surface area is 172 Å². The number of nitrogens with one attached hydrogen (secondary N) is 2. The fraction of sp³-hybridized carbons (Fsp3) is 0.190. The van der Waals surface area contributed by atoms with E-state index in [4.69, 9.17) is 16.3 Å². The molecule has 2 aromatic carbocycles. The first-order valence-corrected chi connectivity index (χ1v) is 9.16. The van der Waals surface area contributed by atoms with Crippen molar-refractivity contribution in [3.63, 3.8) is 0 Å². The first-order chi connectivity index (χ1) is 13.9. The Kier molecular flexibility index (Phi) is 4.65. The molecule has 2 aliphatic heterocycles. The van der Waals surface area contributed by atoms with E-state index in [1.807, 2.05) is 6.07 Å². The summed E-state index contributed by atoms with van der Waals surface area (Å²) in [6.07, 6.45) is 0. The largest absolute Gasteiger partial charge is 0.497 e. The zero-order valence-electron chi connectivity index (χ0n) is 15.4. The zero-order chi connectivity index (χ0) is 20.6. The summed E-state index contributed by atoms with van der Waals surface area (Å²) in [5.74, 6) is 5.47. The molecule has 0 radical (unpaired) electrons. The van der Waals surface area contributed by atoms with Crippen LogP contribution in [0.5, 0.6) is 5.75 Å². The lowest BCUT2D eigenvalue weighted by atomic mass is 9.99. The number of methoxy groups -OCH3 is 1. The second-order valence-electron chi connectivity index (χ2n) is 6.75. The minimum Gasteiger partial charge on any atom is -0.497 e. The highest BCUT2D eigenvalue weighted by Crippen LogP contribution is 2.28. The van der Waals surface area contributed by atoms with Crippen molar-refractivity contribution in [3.05, 3.63) is 64.2 Å². The average molecular weight is 410 g/mol. The molecule has 8 heteroatoms. The van der Waals surface area contributed by atoms with Crippen molar-refractivity contribution < 1.29 is 19.1 Å². The van der Waals surface area contributed by atoms with Crippen LogP contribution >= 0.6 is 11.6 Å². The van der Waals surface area contributed by atoms with Crippen LogP contribution in [0.3, 0.4) is 0 Å². The number of rotatable bonds is 3. The number of imide groups is 1. The Balaban J connectivity index is 1.64. The molecule has 1 fully saturated rings. The molecule has 2 aromatic rings. The molecule has 7 nitrogen and oxygen atoms in total. The number of benzene rings is 2. The monoisotopic (exact) mass is 409 g/mol. The van der Waals surface area contributed by atoms with Gasteiger partial charge in [0.1, 0.15) is 5.75 Å². The summed E-state index contributed by atoms with van der Waals surface area (Å²) in [7, 11) is 1.53. The van der Waals surface area contributed by atoms with Gasteiger partial charge in [0, 0.05) is 22.7 Å². The lowest BCUT2D eigenvalue weighted by Gasteiger charge is -2.26. The molecular weight excluding hydrogens is 394 g/mol. The smallest absolute Gasteiger partial charge is 0.323 e. The number of hydrogen-bond donors (Lipinski definition) is 2. The average Bonchev–Trinajstić information content (AvgIpc) is 3.16. The number of hydrogen-bond acceptors (Lipinski definition) is 4. The van der Waals surface area contributed by atoms with Gasteiger partial charge < -0.3 is 15.0 Å². The van der Waals surface area contributed by atoms with Crippen molar-refractivity contribution in [1.82, 2.24) is 15.5 Å². The summed E-state index contributed by atoms with van der Waals surface area (Å²) in [5.41, 5.74) is 0.415. The number of fused-ring (bicyclic) bond motifs is 1. The molecule has 2 aliphatic rings. The molecule has 0 aromatic heterocycles. The maximum Gasteiger partial charge on any atom is 0.323 e. The van der Waals surface area contributed by atoms with Gasteiger partial charge in [-0.1, -0.05) is 29.5 Å². The fourth-order valence-corrected chi connectivity index (χ4v) is 3.45. The molecule has 29 heavy (non-hydrogen) atoms. The number of carbonyl (C=O) groups is 3. The first-order valence-electron chi connectivity index (χ1n) is 8.79. The molecule has 1 saturated heterocycles. The highest BCUT2D eigenvalue weighted by Gasteiger charge is 2.48. The molecule has 2 N–H and O–H groups in total. The quantitative estimate of drug-likeness (QED) is 0.599. The fourth-order valence-electron chi connectivity index (χ4n) is 3.32. The van der Waals surface area contributed by atoms with Crippen molar-refractivity contribution in [2.45, 2.75) is 12.1 Å². The molecule has 0 bridgehead atoms. The number of carbonyl (C=O) groups excluding carboxylic acids is 3. The van der Waals surface area contributed by atoms with E-state index >= 15 is 0 Å². The van der Waals surface area contributed by atoms with Gasteiger partial charge in [-0.25, -0.2) is 4.79 Å². The minimum absolute atomic E-state index is 0.0823. The standard InChI is InChI=1S/C21H16ClN3O4/c1-29-16-7-4-14-11-25(18(26)17(14)10-16)12-21(19(27)23-20(28)24-21)9-8-13-2-5-15(22)6-3-13/h2-7,10H,11-12H2,1H3,(H2,23,24,27,28)/t21-/m1/s1. The van der Waals surface area contributed by atoms with Crippen LogP contribution in [0.2, 0.25) is 5.02 Å². The highest BCUT2D eigenvalue weighted by atomic mass is 35.5. The SMILES string of the molecule is COc1ccc2c(c1)C(=O)N(C[C@@]1(C#Cc3ccc(Cl)cc3)NC(=O)NC1=O)C2. The van der Waals surface area contributed by atoms with E-state index in [2.05, 4.69) is 22.5 Å². The van der Waals surface area contributed by atoms with Crippen LogP contribution in [0.1, 0.15) is 21.5 Å². The Hall–Kier alpha value is -3.50. The Morgan fingerprint density at radius 2 is 1.93 bits per heavy atom. The lowest BCUT2D eigenvalue weighted by molar-refractivity contribution is -0.122. The molecule has 4 rings (SSSR count). The minimum atomic E-state index is -1.54. The Morgan fingerprint density at radius 1 is 1.17 bits per heavy atom. The number of amides is 4. The molecule has 0 spiro atoms. The van der Waals surface area contributed by atoms with Gasteiger partial charge in [-0.05, 0) is 42.0 Å². The van der Waals surface area contributed by atoms with E-state index in [0.29, 0.717) is 28.4 Å².